The second-order valence-electron chi connectivity index (χ2n) is 3.34. The van der Waals surface area contributed by atoms with Crippen molar-refractivity contribution in [3.05, 3.63) is 33.9 Å². The molecule has 6 nitrogen and oxygen atoms in total. The molecule has 0 saturated carbocycles. The molecule has 0 aromatic heterocycles. The molecule has 11 heteroatoms. The van der Waals surface area contributed by atoms with Crippen molar-refractivity contribution in [3.8, 4) is 5.75 Å². The van der Waals surface area contributed by atoms with E-state index in [0.29, 0.717) is 12.1 Å². The van der Waals surface area contributed by atoms with Crippen LogP contribution in [0.4, 0.5) is 18.9 Å². The van der Waals surface area contributed by atoms with E-state index in [2.05, 4.69) is 0 Å². The fraction of sp³-hybridized carbons (Fsp3) is 0.333. The van der Waals surface area contributed by atoms with Crippen molar-refractivity contribution in [1.29, 1.82) is 0 Å². The van der Waals surface area contributed by atoms with Gasteiger partial charge in [0.1, 0.15) is 11.3 Å². The molecule has 0 heterocycles. The third kappa shape index (κ3) is 3.89. The first-order chi connectivity index (χ1) is 9.13. The molecule has 1 aromatic carbocycles. The van der Waals surface area contributed by atoms with Crippen LogP contribution in [0.15, 0.2) is 18.2 Å². The van der Waals surface area contributed by atoms with Gasteiger partial charge >= 0.3 is 12.9 Å². The second-order valence-corrected chi connectivity index (χ2v) is 6.49. The van der Waals surface area contributed by atoms with Gasteiger partial charge < -0.3 is 13.6 Å². The Labute approximate surface area is 116 Å². The van der Waals surface area contributed by atoms with E-state index in [-0.39, 0.29) is 5.75 Å². The summed E-state index contributed by atoms with van der Waals surface area (Å²) in [5.74, 6) is -0.324. The predicted octanol–water partition coefficient (Wildman–Crippen LogP) is 3.51. The third-order valence-electron chi connectivity index (χ3n) is 2.13. The van der Waals surface area contributed by atoms with Crippen LogP contribution in [0, 0.1) is 10.1 Å². The van der Waals surface area contributed by atoms with Gasteiger partial charge in [0.2, 0.25) is 0 Å². The van der Waals surface area contributed by atoms with E-state index < -0.39 is 29.1 Å². The summed E-state index contributed by atoms with van der Waals surface area (Å²) in [6, 6.07) is 2.16. The van der Waals surface area contributed by atoms with Crippen LogP contribution in [-0.4, -0.2) is 19.1 Å². The van der Waals surface area contributed by atoms with Crippen LogP contribution in [0.3, 0.4) is 0 Å². The molecule has 20 heavy (non-hydrogen) atoms. The van der Waals surface area contributed by atoms with Crippen LogP contribution in [0.5, 0.6) is 5.75 Å². The van der Waals surface area contributed by atoms with Crippen molar-refractivity contribution in [1.82, 2.24) is 0 Å². The number of hydrogen-bond donors (Lipinski definition) is 0. The lowest BCUT2D eigenvalue weighted by molar-refractivity contribution is -0.388. The average Bonchev–Trinajstić information content (AvgIpc) is 2.37. The predicted molar refractivity (Wildman–Crippen MR) is 67.0 cm³/mol. The first-order valence-electron chi connectivity index (χ1n) is 4.89. The molecule has 0 unspecified atom stereocenters. The number of alkyl halides is 3. The molecule has 0 radical (unpaired) electrons. The monoisotopic (exact) mass is 331 g/mol. The first-order valence-corrected chi connectivity index (χ1v) is 7.45. The maximum absolute atomic E-state index is 12.7. The highest BCUT2D eigenvalue weighted by molar-refractivity contribution is 8.07. The van der Waals surface area contributed by atoms with E-state index in [1.807, 2.05) is 0 Å². The number of halogens is 3. The molecule has 0 aliphatic heterocycles. The molecule has 0 atom stereocenters. The SMILES string of the molecule is COP(=S)(OC)Oc1ccc([N+](=O)[O-])c(C(F)(F)F)c1. The van der Waals surface area contributed by atoms with Gasteiger partial charge in [0, 0.05) is 32.1 Å². The molecule has 0 spiro atoms. The van der Waals surface area contributed by atoms with Crippen LogP contribution >= 0.6 is 6.72 Å². The fourth-order valence-corrected chi connectivity index (χ4v) is 2.16. The van der Waals surface area contributed by atoms with E-state index in [9.17, 15) is 23.3 Å². The Hall–Kier alpha value is -1.22. The Kier molecular flexibility index (Phi) is 5.09. The lowest BCUT2D eigenvalue weighted by atomic mass is 10.1. The number of hydrogen-bond acceptors (Lipinski definition) is 6. The van der Waals surface area contributed by atoms with Crippen LogP contribution in [-0.2, 0) is 27.0 Å². The number of benzene rings is 1. The first kappa shape index (κ1) is 16.8. The van der Waals surface area contributed by atoms with Crippen molar-refractivity contribution >= 4 is 24.2 Å². The zero-order chi connectivity index (χ0) is 15.6. The summed E-state index contributed by atoms with van der Waals surface area (Å²) in [6.45, 7) is -3.22. The van der Waals surface area contributed by atoms with Crippen LogP contribution in [0.25, 0.3) is 0 Å². The molecule has 0 bridgehead atoms. The van der Waals surface area contributed by atoms with Crippen molar-refractivity contribution in [2.45, 2.75) is 6.18 Å². The minimum atomic E-state index is -4.90. The number of rotatable bonds is 5. The molecule has 112 valence electrons. The maximum Gasteiger partial charge on any atom is 0.423 e. The number of nitrogens with zero attached hydrogens (tertiary/aromatic N) is 1. The van der Waals surface area contributed by atoms with Gasteiger partial charge in [-0.05, 0) is 12.1 Å². The van der Waals surface area contributed by atoms with Gasteiger partial charge in [-0.2, -0.15) is 13.2 Å². The molecule has 0 aliphatic rings. The quantitative estimate of drug-likeness (QED) is 0.467. The highest BCUT2D eigenvalue weighted by atomic mass is 32.5. The average molecular weight is 331 g/mol. The van der Waals surface area contributed by atoms with Gasteiger partial charge in [-0.25, -0.2) is 0 Å². The molecular weight excluding hydrogens is 322 g/mol. The smallest absolute Gasteiger partial charge is 0.423 e. The Balaban J connectivity index is 3.27. The van der Waals surface area contributed by atoms with Crippen molar-refractivity contribution in [2.75, 3.05) is 14.2 Å². The molecule has 0 aliphatic carbocycles. The van der Waals surface area contributed by atoms with E-state index in [0.717, 1.165) is 6.07 Å². The minimum Gasteiger partial charge on any atom is -0.424 e. The summed E-state index contributed by atoms with van der Waals surface area (Å²) in [7, 11) is 2.36. The Morgan fingerprint density at radius 1 is 1.30 bits per heavy atom. The highest BCUT2D eigenvalue weighted by Gasteiger charge is 2.39. The largest absolute Gasteiger partial charge is 0.424 e. The second kappa shape index (κ2) is 6.04. The van der Waals surface area contributed by atoms with E-state index >= 15 is 0 Å². The maximum atomic E-state index is 12.7. The molecule has 0 amide bonds. The normalized spacial score (nSPS) is 12.2. The van der Waals surface area contributed by atoms with Gasteiger partial charge in [0.15, 0.2) is 0 Å². The standard InChI is InChI=1S/C9H9F3NO5PS/c1-16-19(20,17-2)18-6-3-4-8(13(14)15)7(5-6)9(10,11)12/h3-5H,1-2H3. The molecule has 1 rings (SSSR count). The zero-order valence-electron chi connectivity index (χ0n) is 10.2. The summed E-state index contributed by atoms with van der Waals surface area (Å²) in [5, 5.41) is 10.6. The van der Waals surface area contributed by atoms with Crippen molar-refractivity contribution in [3.63, 3.8) is 0 Å². The van der Waals surface area contributed by atoms with Crippen LogP contribution in [0.2, 0.25) is 0 Å². The summed E-state index contributed by atoms with van der Waals surface area (Å²) in [6.07, 6.45) is -4.90. The Morgan fingerprint density at radius 2 is 1.85 bits per heavy atom. The zero-order valence-corrected chi connectivity index (χ0v) is 11.9. The summed E-state index contributed by atoms with van der Waals surface area (Å²) < 4.78 is 52.8. The van der Waals surface area contributed by atoms with E-state index in [1.165, 1.54) is 14.2 Å². The minimum absolute atomic E-state index is 0.324. The topological polar surface area (TPSA) is 70.8 Å². The van der Waals surface area contributed by atoms with Crippen LogP contribution in [0.1, 0.15) is 5.56 Å². The van der Waals surface area contributed by atoms with Gasteiger partial charge in [0.05, 0.1) is 4.92 Å². The highest BCUT2D eigenvalue weighted by Crippen LogP contribution is 2.49. The lowest BCUT2D eigenvalue weighted by Crippen LogP contribution is -2.09. The van der Waals surface area contributed by atoms with Gasteiger partial charge in [-0.1, -0.05) is 0 Å². The van der Waals surface area contributed by atoms with Crippen LogP contribution < -0.4 is 4.52 Å². The molecular formula is C9H9F3NO5PS. The number of nitro groups is 1. The number of nitro benzene ring substituents is 1. The molecule has 0 saturated heterocycles. The fourth-order valence-electron chi connectivity index (χ4n) is 1.24. The Bertz CT molecular complexity index is 557. The molecule has 1 aromatic rings. The van der Waals surface area contributed by atoms with Crippen molar-refractivity contribution < 1.29 is 31.7 Å². The van der Waals surface area contributed by atoms with Crippen molar-refractivity contribution in [2.24, 2.45) is 0 Å². The summed E-state index contributed by atoms with van der Waals surface area (Å²) in [5.41, 5.74) is -2.51. The van der Waals surface area contributed by atoms with E-state index in [4.69, 9.17) is 25.4 Å². The third-order valence-corrected chi connectivity index (χ3v) is 4.58. The van der Waals surface area contributed by atoms with Gasteiger partial charge in [-0.3, -0.25) is 10.1 Å². The summed E-state index contributed by atoms with van der Waals surface area (Å²) in [4.78, 5) is 9.45. The van der Waals surface area contributed by atoms with Gasteiger partial charge in [0.25, 0.3) is 5.69 Å². The van der Waals surface area contributed by atoms with E-state index in [1.54, 1.807) is 0 Å². The molecule has 0 N–H and O–H groups in total. The Morgan fingerprint density at radius 3 is 2.25 bits per heavy atom. The lowest BCUT2D eigenvalue weighted by Gasteiger charge is -2.18. The molecule has 0 fully saturated rings. The summed E-state index contributed by atoms with van der Waals surface area (Å²) >= 11 is 4.84. The van der Waals surface area contributed by atoms with Gasteiger partial charge in [-0.15, -0.1) is 0 Å².